The second kappa shape index (κ2) is 4.08. The van der Waals surface area contributed by atoms with Crippen molar-refractivity contribution in [3.05, 3.63) is 35.9 Å². The molecule has 0 amide bonds. The number of hydrogen-bond donors (Lipinski definition) is 1. The van der Waals surface area contributed by atoms with Gasteiger partial charge in [-0.3, -0.25) is 4.98 Å². The molecule has 5 nitrogen and oxygen atoms in total. The molecule has 0 aliphatic rings. The quantitative estimate of drug-likeness (QED) is 0.792. The molecule has 0 spiro atoms. The maximum Gasteiger partial charge on any atom is 0.218 e. The van der Waals surface area contributed by atoms with E-state index < -0.39 is 0 Å². The zero-order chi connectivity index (χ0) is 10.7. The van der Waals surface area contributed by atoms with Gasteiger partial charge in [-0.25, -0.2) is 4.68 Å². The number of aryl methyl sites for hydroxylation is 3. The van der Waals surface area contributed by atoms with Crippen LogP contribution in [0.4, 0.5) is 5.95 Å². The first-order valence-electron chi connectivity index (χ1n) is 4.81. The molecule has 78 valence electrons. The van der Waals surface area contributed by atoms with Gasteiger partial charge in [-0.05, 0) is 18.6 Å². The number of pyridine rings is 1. The van der Waals surface area contributed by atoms with Crippen LogP contribution in [0.1, 0.15) is 11.5 Å². The Balaban J connectivity index is 1.99. The summed E-state index contributed by atoms with van der Waals surface area (Å²) in [6.45, 7) is 0. The zero-order valence-electron chi connectivity index (χ0n) is 8.59. The first-order chi connectivity index (χ1) is 7.25. The largest absolute Gasteiger partial charge is 0.368 e. The van der Waals surface area contributed by atoms with Crippen LogP contribution in [0.15, 0.2) is 24.4 Å². The minimum absolute atomic E-state index is 0.450. The number of nitrogen functional groups attached to an aromatic ring is 1. The molecule has 0 atom stereocenters. The molecule has 2 rings (SSSR count). The maximum absolute atomic E-state index is 5.58. The minimum Gasteiger partial charge on any atom is -0.368 e. The Bertz CT molecular complexity index is 415. The lowest BCUT2D eigenvalue weighted by Crippen LogP contribution is -1.98. The molecular formula is C10H13N5. The van der Waals surface area contributed by atoms with Gasteiger partial charge in [0, 0.05) is 25.4 Å². The van der Waals surface area contributed by atoms with Gasteiger partial charge in [-0.1, -0.05) is 6.07 Å². The van der Waals surface area contributed by atoms with Crippen molar-refractivity contribution in [2.45, 2.75) is 12.8 Å². The predicted molar refractivity (Wildman–Crippen MR) is 57.1 cm³/mol. The Morgan fingerprint density at radius 3 is 2.80 bits per heavy atom. The maximum atomic E-state index is 5.58. The summed E-state index contributed by atoms with van der Waals surface area (Å²) < 4.78 is 1.58. The summed E-state index contributed by atoms with van der Waals surface area (Å²) >= 11 is 0. The van der Waals surface area contributed by atoms with Crippen LogP contribution < -0.4 is 5.73 Å². The minimum atomic E-state index is 0.450. The molecule has 0 saturated carbocycles. The van der Waals surface area contributed by atoms with Crippen LogP contribution in [0.3, 0.4) is 0 Å². The fraction of sp³-hybridized carbons (Fsp3) is 0.300. The molecule has 0 aliphatic heterocycles. The molecule has 2 aromatic heterocycles. The summed E-state index contributed by atoms with van der Waals surface area (Å²) in [6.07, 6.45) is 3.39. The molecule has 0 aromatic carbocycles. The number of rotatable bonds is 3. The van der Waals surface area contributed by atoms with Crippen molar-refractivity contribution in [3.63, 3.8) is 0 Å². The summed E-state index contributed by atoms with van der Waals surface area (Å²) in [5.41, 5.74) is 6.63. The van der Waals surface area contributed by atoms with Gasteiger partial charge in [0.05, 0.1) is 0 Å². The van der Waals surface area contributed by atoms with Gasteiger partial charge >= 0.3 is 0 Å². The molecule has 0 aliphatic carbocycles. The lowest BCUT2D eigenvalue weighted by molar-refractivity contribution is 0.741. The van der Waals surface area contributed by atoms with E-state index in [4.69, 9.17) is 5.73 Å². The molecule has 0 fully saturated rings. The molecule has 2 aromatic rings. The Morgan fingerprint density at radius 1 is 1.33 bits per heavy atom. The van der Waals surface area contributed by atoms with Gasteiger partial charge in [0.1, 0.15) is 0 Å². The molecule has 0 saturated heterocycles. The van der Waals surface area contributed by atoms with Gasteiger partial charge in [0.15, 0.2) is 5.82 Å². The molecule has 0 unspecified atom stereocenters. The second-order valence-corrected chi connectivity index (χ2v) is 3.33. The van der Waals surface area contributed by atoms with Gasteiger partial charge in [-0.2, -0.15) is 10.1 Å². The summed E-state index contributed by atoms with van der Waals surface area (Å²) in [6, 6.07) is 5.87. The highest BCUT2D eigenvalue weighted by atomic mass is 15.4. The average molecular weight is 203 g/mol. The summed E-state index contributed by atoms with van der Waals surface area (Å²) in [7, 11) is 1.78. The number of anilines is 1. The van der Waals surface area contributed by atoms with E-state index in [1.807, 2.05) is 18.2 Å². The van der Waals surface area contributed by atoms with E-state index in [1.165, 1.54) is 0 Å². The average Bonchev–Trinajstić information content (AvgIpc) is 2.57. The van der Waals surface area contributed by atoms with Crippen LogP contribution in [0.25, 0.3) is 0 Å². The van der Waals surface area contributed by atoms with E-state index in [9.17, 15) is 0 Å². The SMILES string of the molecule is Cn1nc(CCc2ccccn2)nc1N. The predicted octanol–water partition coefficient (Wildman–Crippen LogP) is 0.578. The highest BCUT2D eigenvalue weighted by Gasteiger charge is 2.03. The number of aromatic nitrogens is 4. The fourth-order valence-corrected chi connectivity index (χ4v) is 1.34. The van der Waals surface area contributed by atoms with E-state index >= 15 is 0 Å². The van der Waals surface area contributed by atoms with Crippen molar-refractivity contribution in [3.8, 4) is 0 Å². The molecule has 0 radical (unpaired) electrons. The third-order valence-electron chi connectivity index (χ3n) is 2.17. The monoisotopic (exact) mass is 203 g/mol. The molecule has 5 heteroatoms. The highest BCUT2D eigenvalue weighted by molar-refractivity contribution is 5.16. The standard InChI is InChI=1S/C10H13N5/c1-15-10(11)13-9(14-15)6-5-8-4-2-3-7-12-8/h2-4,7H,5-6H2,1H3,(H2,11,13,14). The van der Waals surface area contributed by atoms with Gasteiger partial charge in [0.2, 0.25) is 5.95 Å². The highest BCUT2D eigenvalue weighted by Crippen LogP contribution is 2.02. The van der Waals surface area contributed by atoms with E-state index in [0.29, 0.717) is 5.95 Å². The van der Waals surface area contributed by atoms with Crippen molar-refractivity contribution in [1.29, 1.82) is 0 Å². The van der Waals surface area contributed by atoms with Gasteiger partial charge < -0.3 is 5.73 Å². The summed E-state index contributed by atoms with van der Waals surface area (Å²) in [5.74, 6) is 1.21. The normalized spacial score (nSPS) is 10.5. The van der Waals surface area contributed by atoms with Crippen molar-refractivity contribution in [1.82, 2.24) is 19.7 Å². The Labute approximate surface area is 88.0 Å². The van der Waals surface area contributed by atoms with Crippen molar-refractivity contribution < 1.29 is 0 Å². The van der Waals surface area contributed by atoms with Crippen LogP contribution in [-0.2, 0) is 19.9 Å². The first kappa shape index (κ1) is 9.64. The Morgan fingerprint density at radius 2 is 2.20 bits per heavy atom. The first-order valence-corrected chi connectivity index (χ1v) is 4.81. The van der Waals surface area contributed by atoms with Gasteiger partial charge in [-0.15, -0.1) is 0 Å². The fourth-order valence-electron chi connectivity index (χ4n) is 1.34. The van der Waals surface area contributed by atoms with E-state index in [-0.39, 0.29) is 0 Å². The van der Waals surface area contributed by atoms with Crippen molar-refractivity contribution in [2.75, 3.05) is 5.73 Å². The molecule has 0 bridgehead atoms. The van der Waals surface area contributed by atoms with Crippen molar-refractivity contribution in [2.24, 2.45) is 7.05 Å². The van der Waals surface area contributed by atoms with Crippen LogP contribution in [0.5, 0.6) is 0 Å². The molecule has 15 heavy (non-hydrogen) atoms. The number of nitrogens with zero attached hydrogens (tertiary/aromatic N) is 4. The molecule has 2 N–H and O–H groups in total. The van der Waals surface area contributed by atoms with Crippen LogP contribution >= 0.6 is 0 Å². The van der Waals surface area contributed by atoms with Crippen LogP contribution in [-0.4, -0.2) is 19.7 Å². The number of nitrogens with two attached hydrogens (primary N) is 1. The Kier molecular flexibility index (Phi) is 2.62. The lowest BCUT2D eigenvalue weighted by Gasteiger charge is -1.95. The van der Waals surface area contributed by atoms with Crippen LogP contribution in [0, 0.1) is 0 Å². The second-order valence-electron chi connectivity index (χ2n) is 3.33. The summed E-state index contributed by atoms with van der Waals surface area (Å²) in [4.78, 5) is 8.36. The molecular weight excluding hydrogens is 190 g/mol. The lowest BCUT2D eigenvalue weighted by atomic mass is 10.2. The molecule has 2 heterocycles. The smallest absolute Gasteiger partial charge is 0.218 e. The third kappa shape index (κ3) is 2.31. The summed E-state index contributed by atoms with van der Waals surface area (Å²) in [5, 5.41) is 4.18. The number of hydrogen-bond acceptors (Lipinski definition) is 4. The van der Waals surface area contributed by atoms with E-state index in [0.717, 1.165) is 24.4 Å². The Hall–Kier alpha value is -1.91. The van der Waals surface area contributed by atoms with E-state index in [1.54, 1.807) is 17.9 Å². The topological polar surface area (TPSA) is 69.6 Å². The van der Waals surface area contributed by atoms with Gasteiger partial charge in [0.25, 0.3) is 0 Å². The third-order valence-corrected chi connectivity index (χ3v) is 2.17. The zero-order valence-corrected chi connectivity index (χ0v) is 8.59. The van der Waals surface area contributed by atoms with Crippen molar-refractivity contribution >= 4 is 5.95 Å². The van der Waals surface area contributed by atoms with E-state index in [2.05, 4.69) is 15.1 Å². The van der Waals surface area contributed by atoms with Crippen LogP contribution in [0.2, 0.25) is 0 Å².